The fourth-order valence-corrected chi connectivity index (χ4v) is 8.22. The van der Waals surface area contributed by atoms with Crippen LogP contribution in [0, 0.1) is 11.7 Å². The van der Waals surface area contributed by atoms with Crippen LogP contribution in [-0.2, 0) is 13.0 Å². The van der Waals surface area contributed by atoms with Crippen molar-refractivity contribution in [2.75, 3.05) is 49.1 Å². The average molecular weight is 596 g/mol. The van der Waals surface area contributed by atoms with E-state index in [4.69, 9.17) is 26.3 Å². The van der Waals surface area contributed by atoms with Gasteiger partial charge in [-0.05, 0) is 75.4 Å². The topological polar surface area (TPSA) is 85.2 Å². The van der Waals surface area contributed by atoms with Gasteiger partial charge in [-0.15, -0.1) is 0 Å². The molecule has 3 aromatic rings. The van der Waals surface area contributed by atoms with E-state index in [0.717, 1.165) is 62.4 Å². The van der Waals surface area contributed by atoms with Crippen LogP contribution >= 0.6 is 11.6 Å². The lowest BCUT2D eigenvalue weighted by atomic mass is 9.92. The zero-order chi connectivity index (χ0) is 29.2. The molecule has 2 N–H and O–H groups in total. The number of benzene rings is 2. The van der Waals surface area contributed by atoms with Crippen molar-refractivity contribution in [2.24, 2.45) is 5.92 Å². The first kappa shape index (κ1) is 27.9. The van der Waals surface area contributed by atoms with Gasteiger partial charge in [0.05, 0.1) is 34.1 Å². The monoisotopic (exact) mass is 595 g/mol. The lowest BCUT2D eigenvalue weighted by molar-refractivity contribution is 0.0445. The van der Waals surface area contributed by atoms with Crippen LogP contribution in [0.2, 0.25) is 5.02 Å². The van der Waals surface area contributed by atoms with Crippen LogP contribution in [0.5, 0.6) is 11.8 Å². The Morgan fingerprint density at radius 3 is 2.79 bits per heavy atom. The van der Waals surface area contributed by atoms with Gasteiger partial charge in [0.1, 0.15) is 24.0 Å². The maximum atomic E-state index is 14.6. The van der Waals surface area contributed by atoms with Gasteiger partial charge in [-0.1, -0.05) is 24.6 Å². The van der Waals surface area contributed by atoms with Gasteiger partial charge in [0.2, 0.25) is 0 Å². The molecule has 4 aliphatic rings. The highest BCUT2D eigenvalue weighted by molar-refractivity contribution is 6.36. The lowest BCUT2D eigenvalue weighted by Crippen LogP contribution is -2.47. The van der Waals surface area contributed by atoms with Gasteiger partial charge >= 0.3 is 6.01 Å². The zero-order valence-electron chi connectivity index (χ0n) is 24.4. The van der Waals surface area contributed by atoms with Gasteiger partial charge < -0.3 is 24.7 Å². The zero-order valence-corrected chi connectivity index (χ0v) is 25.1. The minimum atomic E-state index is -0.789. The molecule has 10 heteroatoms. The van der Waals surface area contributed by atoms with Crippen LogP contribution in [0.4, 0.5) is 15.9 Å². The van der Waals surface area contributed by atoms with E-state index in [-0.39, 0.29) is 16.3 Å². The van der Waals surface area contributed by atoms with Crippen LogP contribution in [0.1, 0.15) is 57.2 Å². The number of phenols is 1. The van der Waals surface area contributed by atoms with Crippen LogP contribution < -0.4 is 14.5 Å². The molecule has 3 fully saturated rings. The molecule has 0 radical (unpaired) electrons. The lowest BCUT2D eigenvalue weighted by Gasteiger charge is -2.40. The third-order valence-electron chi connectivity index (χ3n) is 9.78. The van der Waals surface area contributed by atoms with Crippen molar-refractivity contribution in [3.05, 3.63) is 46.4 Å². The minimum Gasteiger partial charge on any atom is -0.508 e. The summed E-state index contributed by atoms with van der Waals surface area (Å²) in [5, 5.41) is 22.7. The van der Waals surface area contributed by atoms with Gasteiger partial charge in [-0.3, -0.25) is 4.90 Å². The molecule has 5 heterocycles. The molecule has 0 saturated carbocycles. The van der Waals surface area contributed by atoms with Crippen LogP contribution in [0.25, 0.3) is 10.8 Å². The van der Waals surface area contributed by atoms with Crippen molar-refractivity contribution in [3.63, 3.8) is 0 Å². The number of halogens is 2. The maximum Gasteiger partial charge on any atom is 0.318 e. The highest BCUT2D eigenvalue weighted by Gasteiger charge is 2.48. The number of piperidine rings is 1. The molecular weight excluding hydrogens is 557 g/mol. The van der Waals surface area contributed by atoms with Gasteiger partial charge in [0.25, 0.3) is 0 Å². The first-order valence-electron chi connectivity index (χ1n) is 15.2. The van der Waals surface area contributed by atoms with Crippen molar-refractivity contribution in [1.82, 2.24) is 14.9 Å². The third kappa shape index (κ3) is 4.93. The van der Waals surface area contributed by atoms with Crippen molar-refractivity contribution in [3.8, 4) is 11.8 Å². The van der Waals surface area contributed by atoms with Gasteiger partial charge in [-0.25, -0.2) is 4.39 Å². The molecule has 224 valence electrons. The Morgan fingerprint density at radius 2 is 1.95 bits per heavy atom. The molecule has 1 aromatic heterocycles. The summed E-state index contributed by atoms with van der Waals surface area (Å²) in [6.07, 6.45) is 5.72. The van der Waals surface area contributed by atoms with Crippen molar-refractivity contribution in [1.29, 1.82) is 0 Å². The number of aliphatic hydroxyl groups is 1. The predicted octanol–water partition coefficient (Wildman–Crippen LogP) is 5.30. The molecule has 2 aromatic carbocycles. The molecule has 0 aliphatic carbocycles. The molecule has 0 bridgehead atoms. The quantitative estimate of drug-likeness (QED) is 0.411. The Hall–Kier alpha value is -2.88. The Labute approximate surface area is 251 Å². The van der Waals surface area contributed by atoms with Gasteiger partial charge in [0, 0.05) is 43.2 Å². The number of hydrogen-bond donors (Lipinski definition) is 2. The first-order chi connectivity index (χ1) is 20.1. The second kappa shape index (κ2) is 10.4. The summed E-state index contributed by atoms with van der Waals surface area (Å²) in [6.45, 7) is 9.35. The number of rotatable bonds is 5. The second-order valence-electron chi connectivity index (χ2n) is 13.2. The summed E-state index contributed by atoms with van der Waals surface area (Å²) in [6, 6.07) is 6.58. The second-order valence-corrected chi connectivity index (χ2v) is 13.6. The smallest absolute Gasteiger partial charge is 0.318 e. The molecule has 42 heavy (non-hydrogen) atoms. The molecule has 3 saturated heterocycles. The number of β-amino-alcohol motifs (C(OH)–C–C–N with tert-alkyl or cyclic N) is 1. The Bertz CT molecular complexity index is 1540. The van der Waals surface area contributed by atoms with Crippen LogP contribution in [0.15, 0.2) is 24.3 Å². The predicted molar refractivity (Wildman–Crippen MR) is 162 cm³/mol. The van der Waals surface area contributed by atoms with E-state index >= 15 is 0 Å². The van der Waals surface area contributed by atoms with E-state index in [9.17, 15) is 14.6 Å². The Balaban J connectivity index is 1.26. The van der Waals surface area contributed by atoms with E-state index in [1.54, 1.807) is 18.2 Å². The molecular formula is C32H39ClFN5O3. The van der Waals surface area contributed by atoms with Crippen LogP contribution in [0.3, 0.4) is 0 Å². The van der Waals surface area contributed by atoms with E-state index < -0.39 is 11.4 Å². The summed E-state index contributed by atoms with van der Waals surface area (Å²) >= 11 is 6.48. The van der Waals surface area contributed by atoms with Crippen molar-refractivity contribution >= 4 is 33.9 Å². The fourth-order valence-electron chi connectivity index (χ4n) is 7.95. The summed E-state index contributed by atoms with van der Waals surface area (Å²) in [7, 11) is 0. The molecule has 3 atom stereocenters. The average Bonchev–Trinajstić information content (AvgIpc) is 3.48. The standard InChI is InChI=1S/C32H39ClFN5O3/c1-20-15-32(9-4-11-39(32)16-20)19-42-30-35-25-17-37(26-14-22(40)13-21-5-6-24(34)28(33)27(21)26)12-7-23(25)29(36-30)38-10-3-8-31(2,41)18-38/h5-6,13-14,20,40-41H,3-4,7-12,15-19H2,1-2H3/t20-,31-,32+/m1/s1. The Morgan fingerprint density at radius 1 is 1.12 bits per heavy atom. The molecule has 0 amide bonds. The number of hydrogen-bond acceptors (Lipinski definition) is 8. The van der Waals surface area contributed by atoms with Crippen molar-refractivity contribution in [2.45, 2.75) is 70.1 Å². The van der Waals surface area contributed by atoms with Gasteiger partial charge in [0.15, 0.2) is 0 Å². The number of anilines is 2. The molecule has 0 spiro atoms. The van der Waals surface area contributed by atoms with Gasteiger partial charge in [-0.2, -0.15) is 9.97 Å². The Kier molecular flexibility index (Phi) is 6.90. The molecule has 8 nitrogen and oxygen atoms in total. The van der Waals surface area contributed by atoms with Crippen LogP contribution in [-0.4, -0.2) is 75.6 Å². The van der Waals surface area contributed by atoms with Crippen molar-refractivity contribution < 1.29 is 19.3 Å². The number of aromatic nitrogens is 2. The molecule has 4 aliphatic heterocycles. The molecule has 0 unspecified atom stereocenters. The highest BCUT2D eigenvalue weighted by Crippen LogP contribution is 2.43. The number of nitrogens with zero attached hydrogens (tertiary/aromatic N) is 5. The third-order valence-corrected chi connectivity index (χ3v) is 10.1. The summed E-state index contributed by atoms with van der Waals surface area (Å²) in [5.74, 6) is 1.08. The fraction of sp³-hybridized carbons (Fsp3) is 0.562. The largest absolute Gasteiger partial charge is 0.508 e. The number of fused-ring (bicyclic) bond motifs is 3. The SMILES string of the molecule is C[C@H]1CN2CCC[C@@]2(COc2nc3c(c(N4CCC[C@@](C)(O)C4)n2)CCN(c2cc(O)cc4ccc(F)c(Cl)c24)C3)C1. The molecule has 7 rings (SSSR count). The summed E-state index contributed by atoms with van der Waals surface area (Å²) in [5.41, 5.74) is 1.82. The number of ether oxygens (including phenoxy) is 1. The summed E-state index contributed by atoms with van der Waals surface area (Å²) < 4.78 is 21.0. The van der Waals surface area contributed by atoms with E-state index in [2.05, 4.69) is 21.6 Å². The van der Waals surface area contributed by atoms with E-state index in [1.807, 2.05) is 6.92 Å². The normalized spacial score (nSPS) is 27.9. The maximum absolute atomic E-state index is 14.6. The highest BCUT2D eigenvalue weighted by atomic mass is 35.5. The minimum absolute atomic E-state index is 0.0426. The number of phenolic OH excluding ortho intramolecular Hbond substituents is 1. The van der Waals surface area contributed by atoms with E-state index in [1.165, 1.54) is 12.5 Å². The first-order valence-corrected chi connectivity index (χ1v) is 15.6. The number of aromatic hydroxyl groups is 1. The summed E-state index contributed by atoms with van der Waals surface area (Å²) in [4.78, 5) is 16.8. The van der Waals surface area contributed by atoms with E-state index in [0.29, 0.717) is 61.1 Å².